The molecular weight excluding hydrogens is 344 g/mol. The van der Waals surface area contributed by atoms with Crippen molar-refractivity contribution in [3.63, 3.8) is 0 Å². The summed E-state index contributed by atoms with van der Waals surface area (Å²) in [7, 11) is 0. The standard InChI is InChI=1S/C20H30N4OS/c25-11-10-24-9-5-20(21-24)18-4-3-8-23(14-18)15-19-12-17(16-26-19)13-22-6-1-2-7-22/h5,9,12,16,18,25H,1-4,6-8,10-11,13-15H2/t18-/m0/s1. The molecule has 0 unspecified atom stereocenters. The van der Waals surface area contributed by atoms with E-state index in [2.05, 4.69) is 32.4 Å². The molecule has 5 nitrogen and oxygen atoms in total. The van der Waals surface area contributed by atoms with Crippen LogP contribution in [0, 0.1) is 0 Å². The Morgan fingerprint density at radius 2 is 1.96 bits per heavy atom. The maximum atomic E-state index is 9.07. The van der Waals surface area contributed by atoms with Crippen LogP contribution < -0.4 is 0 Å². The van der Waals surface area contributed by atoms with Crippen molar-refractivity contribution in [3.05, 3.63) is 39.8 Å². The topological polar surface area (TPSA) is 44.5 Å². The van der Waals surface area contributed by atoms with Gasteiger partial charge in [0.15, 0.2) is 0 Å². The molecule has 0 amide bonds. The quantitative estimate of drug-likeness (QED) is 0.809. The number of thiophene rings is 1. The van der Waals surface area contributed by atoms with Crippen molar-refractivity contribution in [3.8, 4) is 0 Å². The van der Waals surface area contributed by atoms with E-state index in [1.165, 1.54) is 61.5 Å². The van der Waals surface area contributed by atoms with Crippen LogP contribution in [0.15, 0.2) is 23.7 Å². The van der Waals surface area contributed by atoms with Crippen LogP contribution in [0.4, 0.5) is 0 Å². The van der Waals surface area contributed by atoms with Gasteiger partial charge in [0.25, 0.3) is 0 Å². The van der Waals surface area contributed by atoms with Crippen molar-refractivity contribution >= 4 is 11.3 Å². The summed E-state index contributed by atoms with van der Waals surface area (Å²) in [6.07, 6.45) is 7.18. The highest BCUT2D eigenvalue weighted by molar-refractivity contribution is 7.10. The lowest BCUT2D eigenvalue weighted by molar-refractivity contribution is 0.199. The number of piperidine rings is 1. The summed E-state index contributed by atoms with van der Waals surface area (Å²) in [5, 5.41) is 16.1. The summed E-state index contributed by atoms with van der Waals surface area (Å²) in [6.45, 7) is 7.74. The van der Waals surface area contributed by atoms with E-state index in [0.717, 1.165) is 19.6 Å². The highest BCUT2D eigenvalue weighted by atomic mass is 32.1. The van der Waals surface area contributed by atoms with Gasteiger partial charge in [-0.15, -0.1) is 11.3 Å². The molecule has 0 bridgehead atoms. The molecule has 6 heteroatoms. The second kappa shape index (κ2) is 8.65. The first-order valence-electron chi connectivity index (χ1n) is 9.95. The third-order valence-electron chi connectivity index (χ3n) is 5.61. The number of likely N-dealkylation sites (tertiary alicyclic amines) is 2. The minimum atomic E-state index is 0.149. The van der Waals surface area contributed by atoms with Crippen molar-refractivity contribution < 1.29 is 5.11 Å². The Morgan fingerprint density at radius 3 is 2.81 bits per heavy atom. The third-order valence-corrected chi connectivity index (χ3v) is 6.58. The lowest BCUT2D eigenvalue weighted by Gasteiger charge is -2.31. The SMILES string of the molecule is OCCn1ccc([C@H]2CCCN(Cc3cc(CN4CCCC4)cs3)C2)n1. The van der Waals surface area contributed by atoms with Crippen LogP contribution in [-0.4, -0.2) is 57.5 Å². The molecule has 26 heavy (non-hydrogen) atoms. The molecule has 2 aliphatic rings. The van der Waals surface area contributed by atoms with Crippen molar-refractivity contribution in [1.29, 1.82) is 0 Å². The molecule has 1 N–H and O–H groups in total. The van der Waals surface area contributed by atoms with E-state index < -0.39 is 0 Å². The summed E-state index contributed by atoms with van der Waals surface area (Å²) in [5.41, 5.74) is 2.67. The molecule has 0 saturated carbocycles. The minimum Gasteiger partial charge on any atom is -0.394 e. The second-order valence-electron chi connectivity index (χ2n) is 7.71. The zero-order chi connectivity index (χ0) is 17.8. The molecule has 0 radical (unpaired) electrons. The lowest BCUT2D eigenvalue weighted by atomic mass is 9.95. The number of aliphatic hydroxyl groups excluding tert-OH is 1. The van der Waals surface area contributed by atoms with Gasteiger partial charge < -0.3 is 5.11 Å². The van der Waals surface area contributed by atoms with Gasteiger partial charge in [-0.2, -0.15) is 5.10 Å². The lowest BCUT2D eigenvalue weighted by Crippen LogP contribution is -2.33. The predicted molar refractivity (Wildman–Crippen MR) is 105 cm³/mol. The normalized spacial score (nSPS) is 22.3. The zero-order valence-electron chi connectivity index (χ0n) is 15.5. The molecule has 0 spiro atoms. The molecule has 1 atom stereocenters. The number of nitrogens with zero attached hydrogens (tertiary/aromatic N) is 4. The second-order valence-corrected chi connectivity index (χ2v) is 8.70. The molecule has 0 aliphatic carbocycles. The van der Waals surface area contributed by atoms with E-state index >= 15 is 0 Å². The molecule has 4 rings (SSSR count). The van der Waals surface area contributed by atoms with Crippen LogP contribution in [0.2, 0.25) is 0 Å². The third kappa shape index (κ3) is 4.55. The molecule has 0 aromatic carbocycles. The van der Waals surface area contributed by atoms with Gasteiger partial charge in [0, 0.05) is 36.6 Å². The molecule has 2 aromatic rings. The Kier molecular flexibility index (Phi) is 6.05. The summed E-state index contributed by atoms with van der Waals surface area (Å²) in [5.74, 6) is 0.521. The number of hydrogen-bond donors (Lipinski definition) is 1. The van der Waals surface area contributed by atoms with Crippen molar-refractivity contribution in [2.24, 2.45) is 0 Å². The van der Waals surface area contributed by atoms with E-state index in [0.29, 0.717) is 12.5 Å². The van der Waals surface area contributed by atoms with Gasteiger partial charge in [0.2, 0.25) is 0 Å². The first-order valence-corrected chi connectivity index (χ1v) is 10.8. The monoisotopic (exact) mass is 374 g/mol. The Hall–Kier alpha value is -1.21. The Labute approximate surface area is 160 Å². The van der Waals surface area contributed by atoms with Crippen LogP contribution in [0.1, 0.15) is 47.7 Å². The maximum absolute atomic E-state index is 9.07. The summed E-state index contributed by atoms with van der Waals surface area (Å²) in [6, 6.07) is 4.55. The van der Waals surface area contributed by atoms with Crippen LogP contribution >= 0.6 is 11.3 Å². The van der Waals surface area contributed by atoms with Gasteiger partial charge in [-0.1, -0.05) is 0 Å². The Balaban J connectivity index is 1.32. The highest BCUT2D eigenvalue weighted by Gasteiger charge is 2.23. The van der Waals surface area contributed by atoms with Gasteiger partial charge >= 0.3 is 0 Å². The van der Waals surface area contributed by atoms with Crippen molar-refractivity contribution in [2.75, 3.05) is 32.8 Å². The number of hydrogen-bond acceptors (Lipinski definition) is 5. The predicted octanol–water partition coefficient (Wildman–Crippen LogP) is 2.91. The van der Waals surface area contributed by atoms with E-state index in [-0.39, 0.29) is 6.61 Å². The average Bonchev–Trinajstić information content (AvgIpc) is 3.39. The highest BCUT2D eigenvalue weighted by Crippen LogP contribution is 2.28. The van der Waals surface area contributed by atoms with Gasteiger partial charge in [0.05, 0.1) is 18.8 Å². The molecule has 2 saturated heterocycles. The Morgan fingerprint density at radius 1 is 1.12 bits per heavy atom. The van der Waals surface area contributed by atoms with Crippen LogP contribution in [0.25, 0.3) is 0 Å². The zero-order valence-corrected chi connectivity index (χ0v) is 16.3. The van der Waals surface area contributed by atoms with Gasteiger partial charge in [-0.05, 0) is 68.4 Å². The number of rotatable bonds is 7. The summed E-state index contributed by atoms with van der Waals surface area (Å²) in [4.78, 5) is 6.65. The van der Waals surface area contributed by atoms with Crippen molar-refractivity contribution in [2.45, 2.75) is 51.2 Å². The molecule has 2 aromatic heterocycles. The van der Waals surface area contributed by atoms with Crippen molar-refractivity contribution in [1.82, 2.24) is 19.6 Å². The fourth-order valence-corrected chi connectivity index (χ4v) is 5.20. The molecule has 142 valence electrons. The molecular formula is C20H30N4OS. The van der Waals surface area contributed by atoms with Gasteiger partial charge in [-0.25, -0.2) is 0 Å². The van der Waals surface area contributed by atoms with Gasteiger partial charge in [-0.3, -0.25) is 14.5 Å². The largest absolute Gasteiger partial charge is 0.394 e. The summed E-state index contributed by atoms with van der Waals surface area (Å²) >= 11 is 1.92. The summed E-state index contributed by atoms with van der Waals surface area (Å²) < 4.78 is 1.86. The average molecular weight is 375 g/mol. The van der Waals surface area contributed by atoms with Crippen LogP contribution in [0.3, 0.4) is 0 Å². The van der Waals surface area contributed by atoms with E-state index in [1.54, 1.807) is 0 Å². The molecule has 2 fully saturated rings. The fourth-order valence-electron chi connectivity index (χ4n) is 4.27. The first-order chi connectivity index (χ1) is 12.8. The van der Waals surface area contributed by atoms with Crippen LogP contribution in [0.5, 0.6) is 0 Å². The number of aliphatic hydroxyl groups is 1. The van der Waals surface area contributed by atoms with Gasteiger partial charge in [0.1, 0.15) is 0 Å². The van der Waals surface area contributed by atoms with E-state index in [1.807, 2.05) is 22.2 Å². The smallest absolute Gasteiger partial charge is 0.0668 e. The van der Waals surface area contributed by atoms with E-state index in [9.17, 15) is 0 Å². The minimum absolute atomic E-state index is 0.149. The Bertz CT molecular complexity index is 692. The molecule has 4 heterocycles. The molecule has 2 aliphatic heterocycles. The van der Waals surface area contributed by atoms with E-state index in [4.69, 9.17) is 5.11 Å². The fraction of sp³-hybridized carbons (Fsp3) is 0.650. The number of aromatic nitrogens is 2. The van der Waals surface area contributed by atoms with Crippen LogP contribution in [-0.2, 0) is 19.6 Å². The maximum Gasteiger partial charge on any atom is 0.0668 e. The first kappa shape index (κ1) is 18.2.